The first-order valence-electron chi connectivity index (χ1n) is 8.95. The Morgan fingerprint density at radius 2 is 1.80 bits per heavy atom. The molecule has 2 aromatic carbocycles. The zero-order valence-electron chi connectivity index (χ0n) is 14.4. The van der Waals surface area contributed by atoms with Gasteiger partial charge in [0.25, 0.3) is 0 Å². The Kier molecular flexibility index (Phi) is 4.55. The van der Waals surface area contributed by atoms with Crippen molar-refractivity contribution < 1.29 is 9.53 Å². The van der Waals surface area contributed by atoms with Crippen LogP contribution in [-0.4, -0.2) is 42.6 Å². The number of amides is 1. The highest BCUT2D eigenvalue weighted by Crippen LogP contribution is 2.38. The lowest BCUT2D eigenvalue weighted by atomic mass is 9.82. The van der Waals surface area contributed by atoms with E-state index in [-0.39, 0.29) is 17.4 Å². The van der Waals surface area contributed by atoms with Crippen molar-refractivity contribution in [2.45, 2.75) is 24.4 Å². The number of rotatable bonds is 3. The van der Waals surface area contributed by atoms with Crippen molar-refractivity contribution in [3.63, 3.8) is 0 Å². The second kappa shape index (κ2) is 6.98. The molecule has 2 aromatic rings. The van der Waals surface area contributed by atoms with Crippen molar-refractivity contribution in [2.75, 3.05) is 26.3 Å². The van der Waals surface area contributed by atoms with Crippen LogP contribution < -0.4 is 5.32 Å². The van der Waals surface area contributed by atoms with E-state index in [4.69, 9.17) is 4.74 Å². The largest absolute Gasteiger partial charge is 0.378 e. The Balaban J connectivity index is 1.63. The van der Waals surface area contributed by atoms with E-state index in [0.717, 1.165) is 19.6 Å². The first-order valence-corrected chi connectivity index (χ1v) is 8.95. The van der Waals surface area contributed by atoms with Crippen molar-refractivity contribution >= 4 is 5.91 Å². The van der Waals surface area contributed by atoms with E-state index in [9.17, 15) is 4.79 Å². The molecule has 0 unspecified atom stereocenters. The van der Waals surface area contributed by atoms with Crippen LogP contribution in [0.15, 0.2) is 60.7 Å². The number of nitrogens with one attached hydrogen (secondary N) is 1. The molecule has 2 saturated heterocycles. The Labute approximate surface area is 148 Å². The molecule has 0 aromatic heterocycles. The minimum atomic E-state index is -0.344. The van der Waals surface area contributed by atoms with Crippen molar-refractivity contribution in [1.29, 1.82) is 0 Å². The van der Waals surface area contributed by atoms with Gasteiger partial charge >= 0.3 is 0 Å². The van der Waals surface area contributed by atoms with Gasteiger partial charge in [-0.3, -0.25) is 9.69 Å². The summed E-state index contributed by atoms with van der Waals surface area (Å²) in [6.45, 7) is 3.70. The van der Waals surface area contributed by atoms with Gasteiger partial charge in [0.15, 0.2) is 0 Å². The number of hydrogen-bond donors (Lipinski definition) is 1. The molecule has 130 valence electrons. The number of carbonyl (C=O) groups excluding carboxylic acids is 1. The number of carbonyl (C=O) groups is 1. The fourth-order valence-electron chi connectivity index (χ4n) is 4.15. The predicted molar refractivity (Wildman–Crippen MR) is 97.2 cm³/mol. The summed E-state index contributed by atoms with van der Waals surface area (Å²) in [6, 6.07) is 21.0. The maximum Gasteiger partial charge on any atom is 0.222 e. The third-order valence-corrected chi connectivity index (χ3v) is 5.29. The molecule has 25 heavy (non-hydrogen) atoms. The third-order valence-electron chi connectivity index (χ3n) is 5.29. The fraction of sp³-hybridized carbons (Fsp3) is 0.381. The molecular weight excluding hydrogens is 312 g/mol. The summed E-state index contributed by atoms with van der Waals surface area (Å²) in [6.07, 6.45) is 0.446. The molecule has 4 rings (SSSR count). The summed E-state index contributed by atoms with van der Waals surface area (Å²) in [5, 5.41) is 3.31. The Bertz CT molecular complexity index is 719. The summed E-state index contributed by atoms with van der Waals surface area (Å²) in [5.41, 5.74) is 2.22. The van der Waals surface area contributed by atoms with E-state index in [1.807, 2.05) is 12.1 Å². The summed E-state index contributed by atoms with van der Waals surface area (Å²) < 4.78 is 5.84. The molecule has 2 fully saturated rings. The molecule has 2 heterocycles. The summed E-state index contributed by atoms with van der Waals surface area (Å²) >= 11 is 0. The predicted octanol–water partition coefficient (Wildman–Crippen LogP) is 2.56. The van der Waals surface area contributed by atoms with Crippen LogP contribution in [0.25, 0.3) is 0 Å². The molecule has 1 spiro atoms. The monoisotopic (exact) mass is 336 g/mol. The minimum Gasteiger partial charge on any atom is -0.378 e. The summed E-state index contributed by atoms with van der Waals surface area (Å²) in [7, 11) is 0. The quantitative estimate of drug-likeness (QED) is 0.937. The number of ether oxygens (including phenoxy) is 1. The van der Waals surface area contributed by atoms with Gasteiger partial charge in [-0.25, -0.2) is 0 Å². The van der Waals surface area contributed by atoms with E-state index in [2.05, 4.69) is 58.7 Å². The number of hydrogen-bond acceptors (Lipinski definition) is 3. The SMILES string of the molecule is O=C1CCOC[C@]2(CN(Cc3ccccc3)C[C@H]2c2ccccc2)N1. The van der Waals surface area contributed by atoms with E-state index in [1.54, 1.807) is 0 Å². The van der Waals surface area contributed by atoms with Crippen LogP contribution >= 0.6 is 0 Å². The lowest BCUT2D eigenvalue weighted by Gasteiger charge is -2.34. The first-order chi connectivity index (χ1) is 12.3. The molecule has 4 nitrogen and oxygen atoms in total. The molecule has 4 heteroatoms. The van der Waals surface area contributed by atoms with E-state index < -0.39 is 0 Å². The van der Waals surface area contributed by atoms with E-state index in [1.165, 1.54) is 11.1 Å². The average Bonchev–Trinajstić information content (AvgIpc) is 2.86. The number of nitrogens with zero attached hydrogens (tertiary/aromatic N) is 1. The van der Waals surface area contributed by atoms with Crippen LogP contribution in [0.2, 0.25) is 0 Å². The van der Waals surface area contributed by atoms with Crippen molar-refractivity contribution in [2.24, 2.45) is 0 Å². The molecule has 0 aliphatic carbocycles. The lowest BCUT2D eigenvalue weighted by molar-refractivity contribution is -0.122. The van der Waals surface area contributed by atoms with Crippen LogP contribution in [0, 0.1) is 0 Å². The fourth-order valence-corrected chi connectivity index (χ4v) is 4.15. The third kappa shape index (κ3) is 3.46. The molecular formula is C21H24N2O2. The standard InChI is InChI=1S/C21H24N2O2/c24-20-11-12-25-16-21(22-20)15-23(13-17-7-3-1-4-8-17)14-19(21)18-9-5-2-6-10-18/h1-10,19H,11-16H2,(H,22,24)/t19-,21-/m0/s1. The Hall–Kier alpha value is -2.17. The minimum absolute atomic E-state index is 0.0972. The van der Waals surface area contributed by atoms with Gasteiger partial charge in [0.2, 0.25) is 5.91 Å². The second-order valence-corrected chi connectivity index (χ2v) is 7.13. The van der Waals surface area contributed by atoms with Crippen molar-refractivity contribution in [3.05, 3.63) is 71.8 Å². The molecule has 2 aliphatic heterocycles. The number of likely N-dealkylation sites (tertiary alicyclic amines) is 1. The number of benzene rings is 2. The highest BCUT2D eigenvalue weighted by atomic mass is 16.5. The average molecular weight is 336 g/mol. The highest BCUT2D eigenvalue weighted by Gasteiger charge is 2.49. The molecule has 1 N–H and O–H groups in total. The normalized spacial score (nSPS) is 27.2. The first kappa shape index (κ1) is 16.3. The van der Waals surface area contributed by atoms with Gasteiger partial charge in [-0.2, -0.15) is 0 Å². The van der Waals surface area contributed by atoms with Crippen LogP contribution in [0.1, 0.15) is 23.5 Å². The molecule has 0 saturated carbocycles. The zero-order valence-corrected chi connectivity index (χ0v) is 14.4. The van der Waals surface area contributed by atoms with Crippen LogP contribution in [0.3, 0.4) is 0 Å². The van der Waals surface area contributed by atoms with Gasteiger partial charge in [0.05, 0.1) is 18.8 Å². The maximum atomic E-state index is 12.3. The Morgan fingerprint density at radius 1 is 1.08 bits per heavy atom. The topological polar surface area (TPSA) is 41.6 Å². The van der Waals surface area contributed by atoms with Crippen LogP contribution in [0.4, 0.5) is 0 Å². The van der Waals surface area contributed by atoms with Crippen LogP contribution in [-0.2, 0) is 16.1 Å². The van der Waals surface area contributed by atoms with Gasteiger partial charge in [0, 0.05) is 32.0 Å². The van der Waals surface area contributed by atoms with Gasteiger partial charge in [-0.15, -0.1) is 0 Å². The zero-order chi connectivity index (χ0) is 17.1. The molecule has 2 atom stereocenters. The molecule has 0 radical (unpaired) electrons. The lowest BCUT2D eigenvalue weighted by Crippen LogP contribution is -2.55. The van der Waals surface area contributed by atoms with Gasteiger partial charge < -0.3 is 10.1 Å². The molecule has 2 aliphatic rings. The van der Waals surface area contributed by atoms with E-state index >= 15 is 0 Å². The van der Waals surface area contributed by atoms with Crippen LogP contribution in [0.5, 0.6) is 0 Å². The maximum absolute atomic E-state index is 12.3. The van der Waals surface area contributed by atoms with Gasteiger partial charge in [-0.1, -0.05) is 60.7 Å². The smallest absolute Gasteiger partial charge is 0.222 e. The van der Waals surface area contributed by atoms with Crippen molar-refractivity contribution in [1.82, 2.24) is 10.2 Å². The van der Waals surface area contributed by atoms with E-state index in [0.29, 0.717) is 19.6 Å². The highest BCUT2D eigenvalue weighted by molar-refractivity contribution is 5.77. The van der Waals surface area contributed by atoms with Crippen molar-refractivity contribution in [3.8, 4) is 0 Å². The second-order valence-electron chi connectivity index (χ2n) is 7.13. The molecule has 1 amide bonds. The summed E-state index contributed by atoms with van der Waals surface area (Å²) in [4.78, 5) is 14.7. The molecule has 0 bridgehead atoms. The van der Waals surface area contributed by atoms with Gasteiger partial charge in [-0.05, 0) is 11.1 Å². The van der Waals surface area contributed by atoms with Gasteiger partial charge in [0.1, 0.15) is 0 Å². The summed E-state index contributed by atoms with van der Waals surface area (Å²) in [5.74, 6) is 0.333. The Morgan fingerprint density at radius 3 is 2.56 bits per heavy atom.